The van der Waals surface area contributed by atoms with Crippen LogP contribution in [0.4, 0.5) is 0 Å². The van der Waals surface area contributed by atoms with Crippen molar-refractivity contribution in [1.82, 2.24) is 4.90 Å². The number of carbonyl (C=O) groups excluding carboxylic acids is 1. The largest absolute Gasteiger partial charge is 0.466 e. The van der Waals surface area contributed by atoms with Crippen LogP contribution in [0.2, 0.25) is 0 Å². The summed E-state index contributed by atoms with van der Waals surface area (Å²) in [5.41, 5.74) is 1.31. The van der Waals surface area contributed by atoms with E-state index in [1.54, 1.807) is 0 Å². The Kier molecular flexibility index (Phi) is 6.64. The van der Waals surface area contributed by atoms with Gasteiger partial charge >= 0.3 is 5.97 Å². The molecule has 2 aromatic rings. The van der Waals surface area contributed by atoms with Crippen LogP contribution in [0.1, 0.15) is 30.9 Å². The minimum absolute atomic E-state index is 0.291. The van der Waals surface area contributed by atoms with Gasteiger partial charge in [-0.3, -0.25) is 9.69 Å². The average Bonchev–Trinajstić information content (AvgIpc) is 2.70. The van der Waals surface area contributed by atoms with Gasteiger partial charge in [0, 0.05) is 19.6 Å². The Morgan fingerprint density at radius 1 is 1.04 bits per heavy atom. The lowest BCUT2D eigenvalue weighted by atomic mass is 9.76. The molecule has 1 atom stereocenters. The van der Waals surface area contributed by atoms with Crippen molar-refractivity contribution in [2.24, 2.45) is 5.92 Å². The van der Waals surface area contributed by atoms with Crippen LogP contribution in [0.5, 0.6) is 0 Å². The van der Waals surface area contributed by atoms with Gasteiger partial charge in [0.15, 0.2) is 0 Å². The normalized spacial score (nSPS) is 18.0. The van der Waals surface area contributed by atoms with Crippen LogP contribution in [0.3, 0.4) is 0 Å². The monoisotopic (exact) mass is 367 g/mol. The first-order valence-corrected chi connectivity index (χ1v) is 9.80. The fraction of sp³-hybridized carbons (Fsp3) is 0.435. The van der Waals surface area contributed by atoms with E-state index in [2.05, 4.69) is 17.0 Å². The highest BCUT2D eigenvalue weighted by molar-refractivity contribution is 5.74. The molecule has 0 aliphatic carbocycles. The van der Waals surface area contributed by atoms with Crippen molar-refractivity contribution in [2.75, 3.05) is 19.7 Å². The van der Waals surface area contributed by atoms with E-state index in [0.717, 1.165) is 25.2 Å². The van der Waals surface area contributed by atoms with Crippen molar-refractivity contribution in [3.63, 3.8) is 0 Å². The molecule has 1 saturated heterocycles. The molecule has 0 aromatic heterocycles. The molecular formula is C23H29NO3. The molecule has 0 radical (unpaired) electrons. The van der Waals surface area contributed by atoms with E-state index in [1.807, 2.05) is 55.5 Å². The molecule has 0 amide bonds. The van der Waals surface area contributed by atoms with E-state index in [0.29, 0.717) is 25.9 Å². The predicted molar refractivity (Wildman–Crippen MR) is 106 cm³/mol. The molecule has 1 aliphatic rings. The number of nitrogens with zero attached hydrogens (tertiary/aromatic N) is 1. The van der Waals surface area contributed by atoms with Crippen LogP contribution in [-0.4, -0.2) is 41.3 Å². The SMILES string of the molecule is CCOC(=O)C(Cc1ccccc1)C1(O)CCN(Cc2ccccc2)CC1. The predicted octanol–water partition coefficient (Wildman–Crippen LogP) is 3.44. The second-order valence-electron chi connectivity index (χ2n) is 7.36. The number of esters is 1. The molecule has 1 unspecified atom stereocenters. The van der Waals surface area contributed by atoms with Crippen LogP contribution in [0, 0.1) is 5.92 Å². The molecule has 1 heterocycles. The Labute approximate surface area is 161 Å². The Hall–Kier alpha value is -2.17. The van der Waals surface area contributed by atoms with Gasteiger partial charge in [-0.25, -0.2) is 0 Å². The third kappa shape index (κ3) is 5.18. The number of carbonyl (C=O) groups is 1. The molecule has 2 aromatic carbocycles. The minimum Gasteiger partial charge on any atom is -0.466 e. The van der Waals surface area contributed by atoms with Crippen molar-refractivity contribution in [1.29, 1.82) is 0 Å². The van der Waals surface area contributed by atoms with Crippen molar-refractivity contribution in [3.8, 4) is 0 Å². The number of rotatable bonds is 7. The maximum Gasteiger partial charge on any atom is 0.312 e. The Bertz CT molecular complexity index is 709. The topological polar surface area (TPSA) is 49.8 Å². The van der Waals surface area contributed by atoms with Crippen LogP contribution in [0.25, 0.3) is 0 Å². The lowest BCUT2D eigenvalue weighted by Gasteiger charge is -2.42. The third-order valence-corrected chi connectivity index (χ3v) is 5.47. The molecule has 1 fully saturated rings. The lowest BCUT2D eigenvalue weighted by molar-refractivity contribution is -0.162. The zero-order valence-electron chi connectivity index (χ0n) is 16.0. The summed E-state index contributed by atoms with van der Waals surface area (Å²) < 4.78 is 5.30. The number of benzene rings is 2. The van der Waals surface area contributed by atoms with E-state index >= 15 is 0 Å². The van der Waals surface area contributed by atoms with E-state index in [9.17, 15) is 9.90 Å². The van der Waals surface area contributed by atoms with Gasteiger partial charge in [0.05, 0.1) is 18.1 Å². The standard InChI is InChI=1S/C23H29NO3/c1-2-27-22(25)21(17-19-9-5-3-6-10-19)23(26)13-15-24(16-14-23)18-20-11-7-4-8-12-20/h3-12,21,26H,2,13-18H2,1H3. The summed E-state index contributed by atoms with van der Waals surface area (Å²) in [5, 5.41) is 11.3. The van der Waals surface area contributed by atoms with E-state index in [-0.39, 0.29) is 5.97 Å². The first-order valence-electron chi connectivity index (χ1n) is 9.80. The maximum atomic E-state index is 12.6. The van der Waals surface area contributed by atoms with Gasteiger partial charge in [0.1, 0.15) is 0 Å². The number of likely N-dealkylation sites (tertiary alicyclic amines) is 1. The third-order valence-electron chi connectivity index (χ3n) is 5.47. The summed E-state index contributed by atoms with van der Waals surface area (Å²) in [6.45, 7) is 4.57. The van der Waals surface area contributed by atoms with Crippen LogP contribution in [-0.2, 0) is 22.5 Å². The van der Waals surface area contributed by atoms with Gasteiger partial charge in [-0.05, 0) is 37.3 Å². The minimum atomic E-state index is -1.02. The van der Waals surface area contributed by atoms with Gasteiger partial charge in [-0.2, -0.15) is 0 Å². The number of aliphatic hydroxyl groups is 1. The molecule has 1 N–H and O–H groups in total. The Balaban J connectivity index is 1.67. The average molecular weight is 367 g/mol. The molecule has 0 spiro atoms. The Morgan fingerprint density at radius 3 is 2.15 bits per heavy atom. The lowest BCUT2D eigenvalue weighted by Crippen LogP contribution is -2.52. The smallest absolute Gasteiger partial charge is 0.312 e. The fourth-order valence-electron chi connectivity index (χ4n) is 3.87. The van der Waals surface area contributed by atoms with Gasteiger partial charge in [0.2, 0.25) is 0 Å². The molecule has 0 saturated carbocycles. The fourth-order valence-corrected chi connectivity index (χ4v) is 3.87. The molecular weight excluding hydrogens is 338 g/mol. The van der Waals surface area contributed by atoms with Crippen molar-refractivity contribution in [3.05, 3.63) is 71.8 Å². The number of hydrogen-bond acceptors (Lipinski definition) is 4. The maximum absolute atomic E-state index is 12.6. The molecule has 0 bridgehead atoms. The summed E-state index contributed by atoms with van der Waals surface area (Å²) in [7, 11) is 0. The summed E-state index contributed by atoms with van der Waals surface area (Å²) in [4.78, 5) is 15.0. The summed E-state index contributed by atoms with van der Waals surface area (Å²) in [6, 6.07) is 20.2. The highest BCUT2D eigenvalue weighted by atomic mass is 16.5. The quantitative estimate of drug-likeness (QED) is 0.762. The van der Waals surface area contributed by atoms with E-state index < -0.39 is 11.5 Å². The first kappa shape index (κ1) is 19.6. The summed E-state index contributed by atoms with van der Waals surface area (Å²) in [5.74, 6) is -0.820. The van der Waals surface area contributed by atoms with Gasteiger partial charge in [0.25, 0.3) is 0 Å². The molecule has 1 aliphatic heterocycles. The molecule has 3 rings (SSSR count). The van der Waals surface area contributed by atoms with E-state index in [4.69, 9.17) is 4.74 Å². The van der Waals surface area contributed by atoms with Crippen molar-refractivity contribution >= 4 is 5.97 Å². The first-order chi connectivity index (χ1) is 13.1. The van der Waals surface area contributed by atoms with Gasteiger partial charge in [-0.15, -0.1) is 0 Å². The Morgan fingerprint density at radius 2 is 1.59 bits per heavy atom. The molecule has 4 nitrogen and oxygen atoms in total. The molecule has 27 heavy (non-hydrogen) atoms. The van der Waals surface area contributed by atoms with Gasteiger partial charge in [-0.1, -0.05) is 60.7 Å². The number of piperidine rings is 1. The second-order valence-corrected chi connectivity index (χ2v) is 7.36. The summed E-state index contributed by atoms with van der Waals surface area (Å²) >= 11 is 0. The van der Waals surface area contributed by atoms with Crippen LogP contribution >= 0.6 is 0 Å². The van der Waals surface area contributed by atoms with E-state index in [1.165, 1.54) is 5.56 Å². The van der Waals surface area contributed by atoms with Gasteiger partial charge < -0.3 is 9.84 Å². The van der Waals surface area contributed by atoms with Crippen LogP contribution < -0.4 is 0 Å². The van der Waals surface area contributed by atoms with Crippen molar-refractivity contribution < 1.29 is 14.6 Å². The molecule has 4 heteroatoms. The zero-order chi connectivity index (χ0) is 19.1. The second kappa shape index (κ2) is 9.16. The zero-order valence-corrected chi connectivity index (χ0v) is 16.0. The highest BCUT2D eigenvalue weighted by Gasteiger charge is 2.44. The highest BCUT2D eigenvalue weighted by Crippen LogP contribution is 2.34. The number of ether oxygens (including phenoxy) is 1. The van der Waals surface area contributed by atoms with Crippen molar-refractivity contribution in [2.45, 2.75) is 38.3 Å². The summed E-state index contributed by atoms with van der Waals surface area (Å²) in [6.07, 6.45) is 1.67. The van der Waals surface area contributed by atoms with Crippen LogP contribution in [0.15, 0.2) is 60.7 Å². The molecule has 144 valence electrons. The number of hydrogen-bond donors (Lipinski definition) is 1.